The first kappa shape index (κ1) is 26.2. The van der Waals surface area contributed by atoms with Crippen LogP contribution in [-0.4, -0.2) is 65.4 Å². The summed E-state index contributed by atoms with van der Waals surface area (Å²) in [4.78, 5) is 18.0. The summed E-state index contributed by atoms with van der Waals surface area (Å²) in [5.74, 6) is -0.718. The average Bonchev–Trinajstić information content (AvgIpc) is 3.66. The molecule has 9 nitrogen and oxygen atoms in total. The van der Waals surface area contributed by atoms with Crippen molar-refractivity contribution in [1.29, 1.82) is 5.26 Å². The number of fused-ring (bicyclic) bond motifs is 6. The van der Waals surface area contributed by atoms with Gasteiger partial charge in [-0.25, -0.2) is 8.78 Å². The SMILES string of the molecule is COc1nc(N2C3CCC2CN(CCCF)C3)c2c3c(c(-c4ncc(F)c5sc(N)c(C#N)c45)c(F)c2n1)COC3. The van der Waals surface area contributed by atoms with Gasteiger partial charge in [0, 0.05) is 42.7 Å². The number of anilines is 2. The molecule has 1 aromatic carbocycles. The molecule has 6 heterocycles. The van der Waals surface area contributed by atoms with Crippen LogP contribution in [0.5, 0.6) is 6.01 Å². The number of halogens is 3. The lowest BCUT2D eigenvalue weighted by Gasteiger charge is -2.42. The van der Waals surface area contributed by atoms with E-state index in [1.54, 1.807) is 0 Å². The molecule has 0 spiro atoms. The van der Waals surface area contributed by atoms with Crippen molar-refractivity contribution in [3.63, 3.8) is 0 Å². The molecule has 2 atom stereocenters. The fourth-order valence-electron chi connectivity index (χ4n) is 6.71. The lowest BCUT2D eigenvalue weighted by Crippen LogP contribution is -2.54. The molecule has 2 fully saturated rings. The number of thiophene rings is 1. The van der Waals surface area contributed by atoms with Gasteiger partial charge in [0.2, 0.25) is 0 Å². The number of nitriles is 1. The van der Waals surface area contributed by atoms with Crippen molar-refractivity contribution in [2.24, 2.45) is 0 Å². The van der Waals surface area contributed by atoms with Crippen LogP contribution < -0.4 is 15.4 Å². The zero-order valence-electron chi connectivity index (χ0n) is 22.2. The lowest BCUT2D eigenvalue weighted by molar-refractivity contribution is 0.135. The number of aromatic nitrogens is 3. The Bertz CT molecular complexity index is 1740. The molecule has 0 aliphatic carbocycles. The van der Waals surface area contributed by atoms with Gasteiger partial charge in [0.15, 0.2) is 11.6 Å². The van der Waals surface area contributed by atoms with E-state index in [1.165, 1.54) is 7.11 Å². The summed E-state index contributed by atoms with van der Waals surface area (Å²) in [6.07, 6.45) is 3.40. The molecular formula is C28H26F3N7O2S. The Hall–Kier alpha value is -3.73. The second-order valence-corrected chi connectivity index (χ2v) is 11.7. The topological polar surface area (TPSA) is 113 Å². The van der Waals surface area contributed by atoms with Crippen molar-refractivity contribution in [2.75, 3.05) is 44.1 Å². The number of hydrogen-bond acceptors (Lipinski definition) is 10. The Balaban J connectivity index is 1.47. The molecule has 212 valence electrons. The van der Waals surface area contributed by atoms with Crippen LogP contribution in [0.15, 0.2) is 6.20 Å². The van der Waals surface area contributed by atoms with Gasteiger partial charge < -0.3 is 20.1 Å². The van der Waals surface area contributed by atoms with E-state index in [9.17, 15) is 14.0 Å². The molecule has 2 bridgehead atoms. The number of nitrogens with zero attached hydrogens (tertiary/aromatic N) is 6. The number of alkyl halides is 1. The molecule has 0 radical (unpaired) electrons. The van der Waals surface area contributed by atoms with Crippen molar-refractivity contribution in [1.82, 2.24) is 19.9 Å². The van der Waals surface area contributed by atoms with E-state index in [4.69, 9.17) is 20.2 Å². The molecule has 2 unspecified atom stereocenters. The average molecular weight is 582 g/mol. The molecule has 0 saturated carbocycles. The highest BCUT2D eigenvalue weighted by Crippen LogP contribution is 2.48. The van der Waals surface area contributed by atoms with Crippen LogP contribution in [0.3, 0.4) is 0 Å². The van der Waals surface area contributed by atoms with E-state index >= 15 is 4.39 Å². The highest BCUT2D eigenvalue weighted by atomic mass is 32.1. The molecule has 13 heteroatoms. The molecular weight excluding hydrogens is 555 g/mol. The minimum atomic E-state index is -0.672. The van der Waals surface area contributed by atoms with Crippen LogP contribution in [0, 0.1) is 23.0 Å². The molecule has 2 N–H and O–H groups in total. The van der Waals surface area contributed by atoms with Crippen molar-refractivity contribution in [2.45, 2.75) is 44.6 Å². The number of nitrogens with two attached hydrogens (primary N) is 1. The minimum Gasteiger partial charge on any atom is -0.467 e. The molecule has 3 aliphatic rings. The van der Waals surface area contributed by atoms with Crippen LogP contribution >= 0.6 is 11.3 Å². The summed E-state index contributed by atoms with van der Waals surface area (Å²) in [7, 11) is 1.43. The monoisotopic (exact) mass is 581 g/mol. The van der Waals surface area contributed by atoms with Gasteiger partial charge in [0.1, 0.15) is 22.4 Å². The van der Waals surface area contributed by atoms with E-state index < -0.39 is 11.6 Å². The highest BCUT2D eigenvalue weighted by Gasteiger charge is 2.42. The van der Waals surface area contributed by atoms with Crippen molar-refractivity contribution >= 4 is 43.1 Å². The Morgan fingerprint density at radius 2 is 1.93 bits per heavy atom. The third kappa shape index (κ3) is 3.92. The Morgan fingerprint density at radius 3 is 2.63 bits per heavy atom. The third-order valence-electron chi connectivity index (χ3n) is 8.40. The number of benzene rings is 1. The predicted octanol–water partition coefficient (Wildman–Crippen LogP) is 4.69. The van der Waals surface area contributed by atoms with Crippen LogP contribution in [0.2, 0.25) is 0 Å². The van der Waals surface area contributed by atoms with Crippen molar-refractivity contribution in [3.8, 4) is 23.3 Å². The van der Waals surface area contributed by atoms with Crippen LogP contribution in [0.1, 0.15) is 36.0 Å². The maximum Gasteiger partial charge on any atom is 0.318 e. The second-order valence-electron chi connectivity index (χ2n) is 10.6. The van der Waals surface area contributed by atoms with Gasteiger partial charge in [-0.15, -0.1) is 11.3 Å². The number of likely N-dealkylation sites (tertiary alicyclic amines) is 1. The Labute approximate surface area is 237 Å². The largest absolute Gasteiger partial charge is 0.467 e. The molecule has 2 saturated heterocycles. The van der Waals surface area contributed by atoms with Gasteiger partial charge in [-0.2, -0.15) is 15.2 Å². The van der Waals surface area contributed by atoms with Gasteiger partial charge in [0.05, 0.1) is 54.5 Å². The van der Waals surface area contributed by atoms with E-state index in [-0.39, 0.29) is 75.4 Å². The number of nitrogen functional groups attached to an aromatic ring is 1. The van der Waals surface area contributed by atoms with E-state index in [0.29, 0.717) is 29.7 Å². The lowest BCUT2D eigenvalue weighted by atomic mass is 9.93. The summed E-state index contributed by atoms with van der Waals surface area (Å²) in [5, 5.41) is 10.7. The fraction of sp³-hybridized carbons (Fsp3) is 0.429. The molecule has 41 heavy (non-hydrogen) atoms. The number of ether oxygens (including phenoxy) is 2. The van der Waals surface area contributed by atoms with Gasteiger partial charge >= 0.3 is 6.01 Å². The Morgan fingerprint density at radius 1 is 1.17 bits per heavy atom. The number of pyridine rings is 1. The quantitative estimate of drug-likeness (QED) is 0.346. The zero-order chi connectivity index (χ0) is 28.4. The van der Waals surface area contributed by atoms with E-state index in [1.807, 2.05) is 6.07 Å². The van der Waals surface area contributed by atoms with Gasteiger partial charge in [0.25, 0.3) is 0 Å². The number of methoxy groups -OCH3 is 1. The predicted molar refractivity (Wildman–Crippen MR) is 149 cm³/mol. The molecule has 3 aliphatic heterocycles. The standard InChI is InChI=1S/C28H26F3N7O2S/c1-39-28-35-24-21(27(36-28)38-13-3-4-14(38)10-37(9-13)6-2-5-29)17-12-40-11-16(17)19(22(24)31)23-20-15(7-32)26(33)41-25(20)18(30)8-34-23/h8,13-14H,2-6,9-12,33H2,1H3. The number of rotatable bonds is 6. The van der Waals surface area contributed by atoms with Gasteiger partial charge in [-0.05, 0) is 30.4 Å². The minimum absolute atomic E-state index is 0.0187. The van der Waals surface area contributed by atoms with Crippen LogP contribution in [0.25, 0.3) is 32.2 Å². The van der Waals surface area contributed by atoms with E-state index in [0.717, 1.165) is 49.0 Å². The maximum absolute atomic E-state index is 16.8. The van der Waals surface area contributed by atoms with Crippen LogP contribution in [0.4, 0.5) is 24.0 Å². The first-order chi connectivity index (χ1) is 19.9. The smallest absolute Gasteiger partial charge is 0.318 e. The molecule has 0 amide bonds. The fourth-order valence-corrected chi connectivity index (χ4v) is 7.63. The first-order valence-corrected chi connectivity index (χ1v) is 14.3. The molecule has 3 aromatic heterocycles. The number of piperazine rings is 1. The summed E-state index contributed by atoms with van der Waals surface area (Å²) in [6.45, 7) is 2.18. The summed E-state index contributed by atoms with van der Waals surface area (Å²) in [5.41, 5.74) is 7.67. The van der Waals surface area contributed by atoms with Gasteiger partial charge in [-0.3, -0.25) is 14.3 Å². The van der Waals surface area contributed by atoms with Crippen molar-refractivity contribution < 1.29 is 22.6 Å². The third-order valence-corrected chi connectivity index (χ3v) is 9.42. The normalized spacial score (nSPS) is 20.2. The summed E-state index contributed by atoms with van der Waals surface area (Å²) >= 11 is 0.931. The Kier molecular flexibility index (Phi) is 6.37. The maximum atomic E-state index is 16.8. The first-order valence-electron chi connectivity index (χ1n) is 13.4. The molecule has 7 rings (SSSR count). The number of hydrogen-bond donors (Lipinski definition) is 1. The zero-order valence-corrected chi connectivity index (χ0v) is 23.0. The van der Waals surface area contributed by atoms with E-state index in [2.05, 4.69) is 19.8 Å². The summed E-state index contributed by atoms with van der Waals surface area (Å²) in [6, 6.07) is 2.30. The second kappa shape index (κ2) is 9.97. The van der Waals surface area contributed by atoms with Gasteiger partial charge in [-0.1, -0.05) is 0 Å². The van der Waals surface area contributed by atoms with Crippen molar-refractivity contribution in [3.05, 3.63) is 34.5 Å². The highest BCUT2D eigenvalue weighted by molar-refractivity contribution is 7.23. The summed E-state index contributed by atoms with van der Waals surface area (Å²) < 4.78 is 55.9. The van der Waals surface area contributed by atoms with Crippen LogP contribution in [-0.2, 0) is 18.0 Å². The molecule has 4 aromatic rings.